The molecule has 0 aliphatic rings. The monoisotopic (exact) mass is 240 g/mol. The minimum absolute atomic E-state index is 0.0510. The van der Waals surface area contributed by atoms with Crippen molar-refractivity contribution in [1.82, 2.24) is 0 Å². The third-order valence-electron chi connectivity index (χ3n) is 2.74. The Kier molecular flexibility index (Phi) is 3.10. The largest absolute Gasteiger partial charge is 0.507 e. The molecule has 2 aromatic rings. The van der Waals surface area contributed by atoms with Gasteiger partial charge in [0, 0.05) is 34.7 Å². The Morgan fingerprint density at radius 2 is 1.11 bits per heavy atom. The summed E-state index contributed by atoms with van der Waals surface area (Å²) in [6, 6.07) is 9.95. The molecule has 4 N–H and O–H groups in total. The van der Waals surface area contributed by atoms with Gasteiger partial charge in [0.15, 0.2) is 0 Å². The molecule has 0 bridgehead atoms. The zero-order chi connectivity index (χ0) is 13.1. The molecule has 0 saturated heterocycles. The topological polar surface area (TPSA) is 88.2 Å². The molecule has 0 heterocycles. The van der Waals surface area contributed by atoms with Crippen LogP contribution < -0.4 is 0 Å². The number of benzene rings is 2. The molecule has 0 atom stereocenters. The summed E-state index contributed by atoms with van der Waals surface area (Å²) in [4.78, 5) is 0. The lowest BCUT2D eigenvalue weighted by molar-refractivity contribution is 0.468. The zero-order valence-corrected chi connectivity index (χ0v) is 9.51. The summed E-state index contributed by atoms with van der Waals surface area (Å²) < 4.78 is 0. The highest BCUT2D eigenvalue weighted by Crippen LogP contribution is 2.37. The van der Waals surface area contributed by atoms with E-state index in [2.05, 4.69) is 0 Å². The molecule has 4 nitrogen and oxygen atoms in total. The van der Waals surface area contributed by atoms with Crippen molar-refractivity contribution in [3.05, 3.63) is 47.5 Å². The quantitative estimate of drug-likeness (QED) is 0.621. The maximum atomic E-state index is 10.0. The Morgan fingerprint density at radius 3 is 1.44 bits per heavy atom. The molecule has 0 aliphatic carbocycles. The van der Waals surface area contributed by atoms with Crippen LogP contribution in [-0.2, 0) is 0 Å². The maximum absolute atomic E-state index is 10.0. The molecular formula is C14H12N2O2. The highest BCUT2D eigenvalue weighted by Gasteiger charge is 2.12. The van der Waals surface area contributed by atoms with Gasteiger partial charge >= 0.3 is 0 Å². The number of nitrogens with one attached hydrogen (secondary N) is 2. The number of phenolic OH excluding ortho intramolecular Hbond substituents is 2. The van der Waals surface area contributed by atoms with E-state index in [4.69, 9.17) is 10.8 Å². The van der Waals surface area contributed by atoms with Crippen molar-refractivity contribution in [2.24, 2.45) is 0 Å². The van der Waals surface area contributed by atoms with Gasteiger partial charge in [-0.2, -0.15) is 0 Å². The number of aromatic hydroxyl groups is 2. The Morgan fingerprint density at radius 1 is 0.722 bits per heavy atom. The second kappa shape index (κ2) is 4.71. The number of rotatable bonds is 3. The summed E-state index contributed by atoms with van der Waals surface area (Å²) in [5.74, 6) is -0.102. The van der Waals surface area contributed by atoms with Crippen LogP contribution in [-0.4, -0.2) is 22.6 Å². The molecule has 90 valence electrons. The first-order valence-electron chi connectivity index (χ1n) is 5.34. The molecule has 0 radical (unpaired) electrons. The summed E-state index contributed by atoms with van der Waals surface area (Å²) in [5, 5.41) is 34.4. The predicted molar refractivity (Wildman–Crippen MR) is 71.0 cm³/mol. The van der Waals surface area contributed by atoms with Crippen LogP contribution >= 0.6 is 0 Å². The first kappa shape index (κ1) is 11.9. The highest BCUT2D eigenvalue weighted by molar-refractivity contribution is 5.91. The summed E-state index contributed by atoms with van der Waals surface area (Å²) in [6.45, 7) is 0. The SMILES string of the molecule is N=Cc1cccc(-c2cccc(C=N)c2O)c1O. The van der Waals surface area contributed by atoms with Crippen molar-refractivity contribution in [2.75, 3.05) is 0 Å². The van der Waals surface area contributed by atoms with E-state index < -0.39 is 0 Å². The number of hydrogen-bond acceptors (Lipinski definition) is 4. The predicted octanol–water partition coefficient (Wildman–Crippen LogP) is 2.76. The van der Waals surface area contributed by atoms with Gasteiger partial charge in [-0.15, -0.1) is 0 Å². The van der Waals surface area contributed by atoms with Gasteiger partial charge < -0.3 is 21.0 Å². The van der Waals surface area contributed by atoms with E-state index in [0.29, 0.717) is 22.3 Å². The lowest BCUT2D eigenvalue weighted by atomic mass is 9.99. The van der Waals surface area contributed by atoms with Crippen LogP contribution in [0.15, 0.2) is 36.4 Å². The fourth-order valence-corrected chi connectivity index (χ4v) is 1.79. The Hall–Kier alpha value is -2.62. The number of para-hydroxylation sites is 2. The average Bonchev–Trinajstić information content (AvgIpc) is 2.40. The van der Waals surface area contributed by atoms with Gasteiger partial charge in [0.25, 0.3) is 0 Å². The second-order valence-corrected chi connectivity index (χ2v) is 3.78. The van der Waals surface area contributed by atoms with Crippen LogP contribution in [0.5, 0.6) is 11.5 Å². The van der Waals surface area contributed by atoms with Gasteiger partial charge in [0.1, 0.15) is 11.5 Å². The molecule has 18 heavy (non-hydrogen) atoms. The van der Waals surface area contributed by atoms with Crippen molar-refractivity contribution in [1.29, 1.82) is 10.8 Å². The van der Waals surface area contributed by atoms with Crippen molar-refractivity contribution in [3.8, 4) is 22.6 Å². The van der Waals surface area contributed by atoms with Crippen molar-refractivity contribution >= 4 is 12.4 Å². The summed E-state index contributed by atoms with van der Waals surface area (Å²) >= 11 is 0. The Labute approximate surface area is 104 Å². The number of hydrogen-bond donors (Lipinski definition) is 4. The van der Waals surface area contributed by atoms with Crippen LogP contribution in [0.4, 0.5) is 0 Å². The Balaban J connectivity index is 2.69. The second-order valence-electron chi connectivity index (χ2n) is 3.78. The van der Waals surface area contributed by atoms with Crippen LogP contribution in [0, 0.1) is 10.8 Å². The van der Waals surface area contributed by atoms with Gasteiger partial charge in [0.2, 0.25) is 0 Å². The van der Waals surface area contributed by atoms with Crippen LogP contribution in [0.2, 0.25) is 0 Å². The third-order valence-corrected chi connectivity index (χ3v) is 2.74. The fourth-order valence-electron chi connectivity index (χ4n) is 1.79. The lowest BCUT2D eigenvalue weighted by Crippen LogP contribution is -1.89. The van der Waals surface area contributed by atoms with E-state index in [1.54, 1.807) is 36.4 Å². The average molecular weight is 240 g/mol. The van der Waals surface area contributed by atoms with Gasteiger partial charge in [-0.3, -0.25) is 0 Å². The van der Waals surface area contributed by atoms with E-state index in [0.717, 1.165) is 12.4 Å². The lowest BCUT2D eigenvalue weighted by Gasteiger charge is -2.10. The van der Waals surface area contributed by atoms with E-state index >= 15 is 0 Å². The molecule has 0 spiro atoms. The van der Waals surface area contributed by atoms with Gasteiger partial charge in [-0.05, 0) is 12.1 Å². The van der Waals surface area contributed by atoms with Crippen LogP contribution in [0.3, 0.4) is 0 Å². The summed E-state index contributed by atoms with van der Waals surface area (Å²) in [6.07, 6.45) is 2.10. The van der Waals surface area contributed by atoms with Gasteiger partial charge in [-0.25, -0.2) is 0 Å². The normalized spacial score (nSPS) is 10.0. The zero-order valence-electron chi connectivity index (χ0n) is 9.51. The molecule has 4 heteroatoms. The smallest absolute Gasteiger partial charge is 0.132 e. The molecular weight excluding hydrogens is 228 g/mol. The standard InChI is InChI=1S/C14H12N2O2/c15-7-9-3-1-5-11(13(9)17)12-6-2-4-10(8-16)14(12)18/h1-8,15-18H. The highest BCUT2D eigenvalue weighted by atomic mass is 16.3. The van der Waals surface area contributed by atoms with Crippen molar-refractivity contribution in [3.63, 3.8) is 0 Å². The molecule has 2 aromatic carbocycles. The van der Waals surface area contributed by atoms with E-state index in [1.165, 1.54) is 0 Å². The molecule has 0 unspecified atom stereocenters. The molecule has 2 rings (SSSR count). The van der Waals surface area contributed by atoms with E-state index in [9.17, 15) is 10.2 Å². The van der Waals surface area contributed by atoms with Crippen molar-refractivity contribution in [2.45, 2.75) is 0 Å². The van der Waals surface area contributed by atoms with Crippen LogP contribution in [0.25, 0.3) is 11.1 Å². The first-order valence-corrected chi connectivity index (χ1v) is 5.34. The third kappa shape index (κ3) is 1.84. The van der Waals surface area contributed by atoms with Crippen LogP contribution in [0.1, 0.15) is 11.1 Å². The molecule has 0 aliphatic heterocycles. The number of phenols is 2. The minimum Gasteiger partial charge on any atom is -0.507 e. The van der Waals surface area contributed by atoms with Crippen molar-refractivity contribution < 1.29 is 10.2 Å². The Bertz CT molecular complexity index is 566. The summed E-state index contributed by atoms with van der Waals surface area (Å²) in [7, 11) is 0. The molecule has 0 aromatic heterocycles. The molecule has 0 amide bonds. The molecule has 0 saturated carbocycles. The fraction of sp³-hybridized carbons (Fsp3) is 0. The summed E-state index contributed by atoms with van der Waals surface area (Å²) in [5.41, 5.74) is 1.65. The first-order chi connectivity index (χ1) is 8.69. The van der Waals surface area contributed by atoms with E-state index in [-0.39, 0.29) is 11.5 Å². The minimum atomic E-state index is -0.0510. The van der Waals surface area contributed by atoms with E-state index in [1.807, 2.05) is 0 Å². The molecule has 0 fully saturated rings. The maximum Gasteiger partial charge on any atom is 0.132 e. The van der Waals surface area contributed by atoms with Gasteiger partial charge in [-0.1, -0.05) is 24.3 Å². The van der Waals surface area contributed by atoms with Gasteiger partial charge in [0.05, 0.1) is 0 Å².